The van der Waals surface area contributed by atoms with Crippen molar-refractivity contribution in [2.45, 2.75) is 0 Å². The number of carbonyl (C=O) groups excluding carboxylic acids is 1. The molecule has 2 aromatic carbocycles. The summed E-state index contributed by atoms with van der Waals surface area (Å²) in [4.78, 5) is 23.0. The standard InChI is InChI=1S/C17H15NO4/c1-22-15-9-5-2-6-12(15)10-11-16(19)18-14-8-4-3-7-13(14)17(20)21/h2-11H,1H3,(H,18,19)(H,20,21). The van der Waals surface area contributed by atoms with Crippen molar-refractivity contribution in [3.63, 3.8) is 0 Å². The van der Waals surface area contributed by atoms with Crippen molar-refractivity contribution in [1.29, 1.82) is 0 Å². The van der Waals surface area contributed by atoms with Crippen LogP contribution in [0, 0.1) is 0 Å². The highest BCUT2D eigenvalue weighted by atomic mass is 16.5. The molecule has 112 valence electrons. The third kappa shape index (κ3) is 3.73. The molecule has 0 atom stereocenters. The Kier molecular flexibility index (Phi) is 4.93. The molecule has 22 heavy (non-hydrogen) atoms. The summed E-state index contributed by atoms with van der Waals surface area (Å²) < 4.78 is 5.19. The first-order valence-corrected chi connectivity index (χ1v) is 6.56. The lowest BCUT2D eigenvalue weighted by molar-refractivity contribution is -0.111. The Bertz CT molecular complexity index is 722. The van der Waals surface area contributed by atoms with Gasteiger partial charge >= 0.3 is 5.97 Å². The largest absolute Gasteiger partial charge is 0.496 e. The minimum Gasteiger partial charge on any atom is -0.496 e. The number of carboxylic acids is 1. The lowest BCUT2D eigenvalue weighted by atomic mass is 10.1. The molecule has 0 heterocycles. The van der Waals surface area contributed by atoms with E-state index in [0.717, 1.165) is 5.56 Å². The van der Waals surface area contributed by atoms with Gasteiger partial charge in [-0.25, -0.2) is 4.79 Å². The summed E-state index contributed by atoms with van der Waals surface area (Å²) >= 11 is 0. The van der Waals surface area contributed by atoms with Gasteiger partial charge in [0.05, 0.1) is 18.4 Å². The molecule has 0 unspecified atom stereocenters. The van der Waals surface area contributed by atoms with E-state index in [1.807, 2.05) is 18.2 Å². The highest BCUT2D eigenvalue weighted by molar-refractivity contribution is 6.06. The van der Waals surface area contributed by atoms with Crippen molar-refractivity contribution in [2.75, 3.05) is 12.4 Å². The summed E-state index contributed by atoms with van der Waals surface area (Å²) in [6.45, 7) is 0. The van der Waals surface area contributed by atoms with Crippen LogP contribution in [0.3, 0.4) is 0 Å². The normalized spacial score (nSPS) is 10.4. The van der Waals surface area contributed by atoms with Crippen LogP contribution in [-0.2, 0) is 4.79 Å². The number of anilines is 1. The van der Waals surface area contributed by atoms with Gasteiger partial charge < -0.3 is 15.2 Å². The topological polar surface area (TPSA) is 75.6 Å². The zero-order valence-electron chi connectivity index (χ0n) is 11.9. The molecule has 0 aliphatic rings. The number of benzene rings is 2. The Hall–Kier alpha value is -3.08. The van der Waals surface area contributed by atoms with Crippen molar-refractivity contribution < 1.29 is 19.4 Å². The second-order valence-corrected chi connectivity index (χ2v) is 4.42. The van der Waals surface area contributed by atoms with Gasteiger partial charge in [0.15, 0.2) is 0 Å². The van der Waals surface area contributed by atoms with Gasteiger partial charge in [-0.05, 0) is 24.3 Å². The second-order valence-electron chi connectivity index (χ2n) is 4.42. The number of amides is 1. The Labute approximate surface area is 127 Å². The lowest BCUT2D eigenvalue weighted by Gasteiger charge is -2.06. The molecule has 1 amide bonds. The molecule has 0 saturated carbocycles. The fraction of sp³-hybridized carbons (Fsp3) is 0.0588. The molecule has 0 bridgehead atoms. The van der Waals surface area contributed by atoms with Crippen LogP contribution in [0.1, 0.15) is 15.9 Å². The molecule has 0 radical (unpaired) electrons. The average molecular weight is 297 g/mol. The zero-order chi connectivity index (χ0) is 15.9. The van der Waals surface area contributed by atoms with Gasteiger partial charge in [0.25, 0.3) is 0 Å². The second kappa shape index (κ2) is 7.08. The van der Waals surface area contributed by atoms with Crippen LogP contribution in [0.25, 0.3) is 6.08 Å². The number of rotatable bonds is 5. The maximum absolute atomic E-state index is 11.9. The van der Waals surface area contributed by atoms with Crippen LogP contribution in [0.2, 0.25) is 0 Å². The van der Waals surface area contributed by atoms with E-state index < -0.39 is 11.9 Å². The molecule has 2 rings (SSSR count). The summed E-state index contributed by atoms with van der Waals surface area (Å²) in [5.41, 5.74) is 1.05. The number of para-hydroxylation sites is 2. The number of hydrogen-bond acceptors (Lipinski definition) is 3. The van der Waals surface area contributed by atoms with Gasteiger partial charge in [0.2, 0.25) is 5.91 Å². The van der Waals surface area contributed by atoms with E-state index in [1.165, 1.54) is 18.2 Å². The van der Waals surface area contributed by atoms with Gasteiger partial charge in [0, 0.05) is 11.6 Å². The molecule has 0 spiro atoms. The summed E-state index contributed by atoms with van der Waals surface area (Å²) in [5, 5.41) is 11.6. The van der Waals surface area contributed by atoms with Crippen molar-refractivity contribution >= 4 is 23.6 Å². The molecule has 5 heteroatoms. The third-order valence-corrected chi connectivity index (χ3v) is 2.97. The minimum atomic E-state index is -1.09. The van der Waals surface area contributed by atoms with Crippen LogP contribution in [0.5, 0.6) is 5.75 Å². The Morgan fingerprint density at radius 2 is 1.77 bits per heavy atom. The molecule has 2 aromatic rings. The number of methoxy groups -OCH3 is 1. The fourth-order valence-corrected chi connectivity index (χ4v) is 1.92. The van der Waals surface area contributed by atoms with Crippen molar-refractivity contribution in [3.05, 3.63) is 65.7 Å². The maximum atomic E-state index is 11.9. The molecule has 0 saturated heterocycles. The summed E-state index contributed by atoms with van der Waals surface area (Å²) in [6.07, 6.45) is 2.94. The Morgan fingerprint density at radius 3 is 2.50 bits per heavy atom. The number of ether oxygens (including phenoxy) is 1. The molecule has 0 aliphatic carbocycles. The Balaban J connectivity index is 2.14. The molecular weight excluding hydrogens is 282 g/mol. The van der Waals surface area contributed by atoms with Gasteiger partial charge in [0.1, 0.15) is 5.75 Å². The molecule has 0 fully saturated rings. The number of carboxylic acid groups (broad SMARTS) is 1. The first-order valence-electron chi connectivity index (χ1n) is 6.56. The summed E-state index contributed by atoms with van der Waals surface area (Å²) in [7, 11) is 1.55. The van der Waals surface area contributed by atoms with E-state index in [1.54, 1.807) is 31.4 Å². The molecule has 2 N–H and O–H groups in total. The van der Waals surface area contributed by atoms with Gasteiger partial charge in [-0.2, -0.15) is 0 Å². The van der Waals surface area contributed by atoms with Crippen molar-refractivity contribution in [3.8, 4) is 5.75 Å². The minimum absolute atomic E-state index is 0.0431. The van der Waals surface area contributed by atoms with Crippen LogP contribution in [-0.4, -0.2) is 24.1 Å². The number of carbonyl (C=O) groups is 2. The number of hydrogen-bond donors (Lipinski definition) is 2. The van der Waals surface area contributed by atoms with Crippen LogP contribution >= 0.6 is 0 Å². The summed E-state index contributed by atoms with van der Waals surface area (Å²) in [5.74, 6) is -0.860. The first-order chi connectivity index (χ1) is 10.6. The van der Waals surface area contributed by atoms with E-state index in [4.69, 9.17) is 9.84 Å². The molecular formula is C17H15NO4. The predicted octanol–water partition coefficient (Wildman–Crippen LogP) is 3.05. The molecule has 0 aromatic heterocycles. The lowest BCUT2D eigenvalue weighted by Crippen LogP contribution is -2.11. The van der Waals surface area contributed by atoms with E-state index in [0.29, 0.717) is 5.75 Å². The van der Waals surface area contributed by atoms with Crippen LogP contribution in [0.15, 0.2) is 54.6 Å². The van der Waals surface area contributed by atoms with Gasteiger partial charge in [-0.3, -0.25) is 4.79 Å². The third-order valence-electron chi connectivity index (χ3n) is 2.97. The van der Waals surface area contributed by atoms with E-state index in [9.17, 15) is 9.59 Å². The fourth-order valence-electron chi connectivity index (χ4n) is 1.92. The van der Waals surface area contributed by atoms with Crippen molar-refractivity contribution in [2.24, 2.45) is 0 Å². The van der Waals surface area contributed by atoms with Crippen LogP contribution < -0.4 is 10.1 Å². The monoisotopic (exact) mass is 297 g/mol. The maximum Gasteiger partial charge on any atom is 0.337 e. The van der Waals surface area contributed by atoms with Gasteiger partial charge in [-0.15, -0.1) is 0 Å². The van der Waals surface area contributed by atoms with E-state index in [2.05, 4.69) is 5.32 Å². The molecule has 0 aliphatic heterocycles. The van der Waals surface area contributed by atoms with Crippen LogP contribution in [0.4, 0.5) is 5.69 Å². The first kappa shape index (κ1) is 15.3. The summed E-state index contributed by atoms with van der Waals surface area (Å²) in [6, 6.07) is 13.5. The molecule has 5 nitrogen and oxygen atoms in total. The van der Waals surface area contributed by atoms with E-state index in [-0.39, 0.29) is 11.3 Å². The van der Waals surface area contributed by atoms with Crippen molar-refractivity contribution in [1.82, 2.24) is 0 Å². The Morgan fingerprint density at radius 1 is 1.09 bits per heavy atom. The predicted molar refractivity (Wildman–Crippen MR) is 84.1 cm³/mol. The van der Waals surface area contributed by atoms with E-state index >= 15 is 0 Å². The zero-order valence-corrected chi connectivity index (χ0v) is 11.9. The number of nitrogens with one attached hydrogen (secondary N) is 1. The SMILES string of the molecule is COc1ccccc1C=CC(=O)Nc1ccccc1C(=O)O. The van der Waals surface area contributed by atoms with Gasteiger partial charge in [-0.1, -0.05) is 30.3 Å². The smallest absolute Gasteiger partial charge is 0.337 e. The average Bonchev–Trinajstić information content (AvgIpc) is 2.53. The highest BCUT2D eigenvalue weighted by Crippen LogP contribution is 2.19. The number of aromatic carboxylic acids is 1. The quantitative estimate of drug-likeness (QED) is 0.832. The highest BCUT2D eigenvalue weighted by Gasteiger charge is 2.10.